The lowest BCUT2D eigenvalue weighted by molar-refractivity contribution is -0.130. The molecule has 2 fully saturated rings. The highest BCUT2D eigenvalue weighted by molar-refractivity contribution is 5.82. The summed E-state index contributed by atoms with van der Waals surface area (Å²) in [6.07, 6.45) is 5.13. The van der Waals surface area contributed by atoms with E-state index in [1.807, 2.05) is 0 Å². The average molecular weight is 296 g/mol. The fourth-order valence-corrected chi connectivity index (χ4v) is 2.97. The number of likely N-dealkylation sites (tertiary alicyclic amines) is 1. The summed E-state index contributed by atoms with van der Waals surface area (Å²) in [6.45, 7) is 3.16. The summed E-state index contributed by atoms with van der Waals surface area (Å²) in [7, 11) is 3.59. The number of piperidine rings is 1. The molecule has 2 aliphatic heterocycles. The smallest absolute Gasteiger partial charge is 0.237 e. The fourth-order valence-electron chi connectivity index (χ4n) is 2.97. The molecule has 0 saturated carbocycles. The van der Waals surface area contributed by atoms with Gasteiger partial charge in [-0.15, -0.1) is 0 Å². The first-order chi connectivity index (χ1) is 10.1. The summed E-state index contributed by atoms with van der Waals surface area (Å²) in [5, 5.41) is 6.48. The summed E-state index contributed by atoms with van der Waals surface area (Å²) in [5.74, 6) is 0.308. The number of nitrogens with one attached hydrogen (secondary N) is 2. The van der Waals surface area contributed by atoms with Crippen LogP contribution < -0.4 is 10.6 Å². The normalized spacial score (nSPS) is 25.2. The van der Waals surface area contributed by atoms with Crippen LogP contribution >= 0.6 is 0 Å². The van der Waals surface area contributed by atoms with E-state index in [2.05, 4.69) is 15.5 Å². The quantitative estimate of drug-likeness (QED) is 0.754. The van der Waals surface area contributed by atoms with Gasteiger partial charge in [-0.3, -0.25) is 14.5 Å². The lowest BCUT2D eigenvalue weighted by Crippen LogP contribution is -2.51. The molecule has 0 bridgehead atoms. The summed E-state index contributed by atoms with van der Waals surface area (Å²) in [5.41, 5.74) is 0. The number of hydrogen-bond acceptors (Lipinski definition) is 4. The Morgan fingerprint density at radius 1 is 1.29 bits per heavy atom. The second-order valence-corrected chi connectivity index (χ2v) is 6.34. The van der Waals surface area contributed by atoms with Crippen LogP contribution in [0, 0.1) is 0 Å². The van der Waals surface area contributed by atoms with E-state index in [-0.39, 0.29) is 17.9 Å². The van der Waals surface area contributed by atoms with Gasteiger partial charge in [0.15, 0.2) is 0 Å². The van der Waals surface area contributed by atoms with Crippen LogP contribution in [0.1, 0.15) is 32.1 Å². The van der Waals surface area contributed by atoms with Gasteiger partial charge in [-0.1, -0.05) is 0 Å². The van der Waals surface area contributed by atoms with Gasteiger partial charge in [-0.05, 0) is 32.1 Å². The predicted octanol–water partition coefficient (Wildman–Crippen LogP) is -0.203. The standard InChI is InChI=1S/C15H28N4O2/c1-18(2)14(20)11-19-9-6-12(7-10-19)17-13-5-3-4-8-16-15(13)21/h12-13,17H,3-11H2,1-2H3,(H,16,21). The van der Waals surface area contributed by atoms with Crippen LogP contribution in [-0.2, 0) is 9.59 Å². The molecule has 6 heteroatoms. The first-order valence-corrected chi connectivity index (χ1v) is 8.02. The van der Waals surface area contributed by atoms with Crippen LogP contribution in [0.3, 0.4) is 0 Å². The Bertz CT molecular complexity index is 365. The van der Waals surface area contributed by atoms with Crippen molar-refractivity contribution in [1.29, 1.82) is 0 Å². The van der Waals surface area contributed by atoms with Crippen molar-refractivity contribution < 1.29 is 9.59 Å². The van der Waals surface area contributed by atoms with Crippen molar-refractivity contribution in [3.05, 3.63) is 0 Å². The molecule has 0 aromatic carbocycles. The number of likely N-dealkylation sites (N-methyl/N-ethyl adjacent to an activating group) is 1. The molecule has 0 aliphatic carbocycles. The van der Waals surface area contributed by atoms with Gasteiger partial charge in [-0.2, -0.15) is 0 Å². The average Bonchev–Trinajstić information content (AvgIpc) is 2.66. The Balaban J connectivity index is 1.73. The van der Waals surface area contributed by atoms with Crippen LogP contribution in [0.4, 0.5) is 0 Å². The third kappa shape index (κ3) is 4.97. The molecule has 0 aromatic heterocycles. The highest BCUT2D eigenvalue weighted by Gasteiger charge is 2.26. The summed E-state index contributed by atoms with van der Waals surface area (Å²) < 4.78 is 0. The van der Waals surface area contributed by atoms with E-state index in [0.717, 1.165) is 51.7 Å². The van der Waals surface area contributed by atoms with Crippen molar-refractivity contribution in [3.8, 4) is 0 Å². The number of carbonyl (C=O) groups is 2. The Kier molecular flexibility index (Phi) is 5.99. The van der Waals surface area contributed by atoms with Crippen LogP contribution in [0.2, 0.25) is 0 Å². The lowest BCUT2D eigenvalue weighted by atomic mass is 10.0. The maximum absolute atomic E-state index is 11.9. The zero-order valence-electron chi connectivity index (χ0n) is 13.2. The van der Waals surface area contributed by atoms with Gasteiger partial charge < -0.3 is 15.5 Å². The number of hydrogen-bond donors (Lipinski definition) is 2. The van der Waals surface area contributed by atoms with Crippen molar-refractivity contribution in [2.45, 2.75) is 44.2 Å². The summed E-state index contributed by atoms with van der Waals surface area (Å²) in [4.78, 5) is 27.5. The molecule has 0 radical (unpaired) electrons. The van der Waals surface area contributed by atoms with Crippen LogP contribution in [-0.4, -0.2) is 74.0 Å². The Morgan fingerprint density at radius 3 is 2.67 bits per heavy atom. The maximum Gasteiger partial charge on any atom is 0.237 e. The van der Waals surface area contributed by atoms with Gasteiger partial charge in [0.25, 0.3) is 0 Å². The van der Waals surface area contributed by atoms with Gasteiger partial charge in [0.1, 0.15) is 0 Å². The van der Waals surface area contributed by atoms with E-state index in [1.54, 1.807) is 19.0 Å². The molecule has 2 aliphatic rings. The second kappa shape index (κ2) is 7.75. The van der Waals surface area contributed by atoms with Gasteiger partial charge in [0.2, 0.25) is 11.8 Å². The van der Waals surface area contributed by atoms with Crippen molar-refractivity contribution in [2.24, 2.45) is 0 Å². The first kappa shape index (κ1) is 16.2. The summed E-state index contributed by atoms with van der Waals surface area (Å²) in [6, 6.07) is 0.358. The molecule has 1 atom stereocenters. The zero-order chi connectivity index (χ0) is 15.2. The van der Waals surface area contributed by atoms with E-state index in [0.29, 0.717) is 12.6 Å². The minimum absolute atomic E-state index is 0.0348. The molecule has 0 spiro atoms. The zero-order valence-corrected chi connectivity index (χ0v) is 13.2. The van der Waals surface area contributed by atoms with E-state index >= 15 is 0 Å². The molecule has 120 valence electrons. The number of nitrogens with zero attached hydrogens (tertiary/aromatic N) is 2. The van der Waals surface area contributed by atoms with Crippen molar-refractivity contribution >= 4 is 11.8 Å². The first-order valence-electron chi connectivity index (χ1n) is 8.02. The number of rotatable bonds is 4. The molecule has 2 rings (SSSR count). The predicted molar refractivity (Wildman–Crippen MR) is 81.9 cm³/mol. The molecule has 2 N–H and O–H groups in total. The molecule has 6 nitrogen and oxygen atoms in total. The van der Waals surface area contributed by atoms with E-state index in [4.69, 9.17) is 0 Å². The van der Waals surface area contributed by atoms with Gasteiger partial charge in [0, 0.05) is 39.8 Å². The van der Waals surface area contributed by atoms with Crippen LogP contribution in [0.25, 0.3) is 0 Å². The van der Waals surface area contributed by atoms with E-state index in [1.165, 1.54) is 0 Å². The second-order valence-electron chi connectivity index (χ2n) is 6.34. The van der Waals surface area contributed by atoms with Gasteiger partial charge >= 0.3 is 0 Å². The number of amides is 2. The van der Waals surface area contributed by atoms with Crippen LogP contribution in [0.15, 0.2) is 0 Å². The molecule has 2 saturated heterocycles. The highest BCUT2D eigenvalue weighted by atomic mass is 16.2. The largest absolute Gasteiger partial charge is 0.355 e. The monoisotopic (exact) mass is 296 g/mol. The topological polar surface area (TPSA) is 64.7 Å². The Morgan fingerprint density at radius 2 is 2.00 bits per heavy atom. The Labute approximate surface area is 127 Å². The SMILES string of the molecule is CN(C)C(=O)CN1CCC(NC2CCCCNC2=O)CC1. The minimum atomic E-state index is -0.0348. The van der Waals surface area contributed by atoms with E-state index in [9.17, 15) is 9.59 Å². The lowest BCUT2D eigenvalue weighted by Gasteiger charge is -2.34. The minimum Gasteiger partial charge on any atom is -0.355 e. The fraction of sp³-hybridized carbons (Fsp3) is 0.867. The molecule has 21 heavy (non-hydrogen) atoms. The molecular weight excluding hydrogens is 268 g/mol. The van der Waals surface area contributed by atoms with Crippen molar-refractivity contribution in [1.82, 2.24) is 20.4 Å². The highest BCUT2D eigenvalue weighted by Crippen LogP contribution is 2.13. The Hall–Kier alpha value is -1.14. The third-order valence-corrected chi connectivity index (χ3v) is 4.42. The molecule has 2 amide bonds. The van der Waals surface area contributed by atoms with Crippen molar-refractivity contribution in [3.63, 3.8) is 0 Å². The molecular formula is C15H28N4O2. The molecule has 2 heterocycles. The third-order valence-electron chi connectivity index (χ3n) is 4.42. The summed E-state index contributed by atoms with van der Waals surface area (Å²) >= 11 is 0. The van der Waals surface area contributed by atoms with Gasteiger partial charge in [-0.25, -0.2) is 0 Å². The van der Waals surface area contributed by atoms with Gasteiger partial charge in [0.05, 0.1) is 12.6 Å². The molecule has 0 aromatic rings. The number of carbonyl (C=O) groups excluding carboxylic acids is 2. The van der Waals surface area contributed by atoms with Crippen LogP contribution in [0.5, 0.6) is 0 Å². The maximum atomic E-state index is 11.9. The van der Waals surface area contributed by atoms with Crippen molar-refractivity contribution in [2.75, 3.05) is 40.3 Å². The molecule has 1 unspecified atom stereocenters. The van der Waals surface area contributed by atoms with E-state index < -0.39 is 0 Å².